The number of nitrogens with one attached hydrogen (secondary N) is 1. The number of ether oxygens (including phenoxy) is 1. The highest BCUT2D eigenvalue weighted by Gasteiger charge is 2.15. The predicted molar refractivity (Wildman–Crippen MR) is 73.1 cm³/mol. The van der Waals surface area contributed by atoms with Gasteiger partial charge in [0.2, 0.25) is 5.91 Å². The lowest BCUT2D eigenvalue weighted by molar-refractivity contribution is -0.127. The molecule has 0 aliphatic heterocycles. The predicted octanol–water partition coefficient (Wildman–Crippen LogP) is 0.486. The van der Waals surface area contributed by atoms with Gasteiger partial charge in [0.1, 0.15) is 0 Å². The maximum atomic E-state index is 12.0. The Morgan fingerprint density at radius 1 is 1.37 bits per heavy atom. The van der Waals surface area contributed by atoms with Crippen molar-refractivity contribution in [1.82, 2.24) is 10.2 Å². The fourth-order valence-electron chi connectivity index (χ4n) is 1.45. The molecule has 104 valence electrons. The zero-order valence-corrected chi connectivity index (χ0v) is 11.4. The van der Waals surface area contributed by atoms with Crippen LogP contribution in [0.5, 0.6) is 5.75 Å². The van der Waals surface area contributed by atoms with Crippen molar-refractivity contribution >= 4 is 17.5 Å². The molecule has 1 aromatic carbocycles. The molecule has 0 aliphatic rings. The van der Waals surface area contributed by atoms with Crippen molar-refractivity contribution in [3.05, 3.63) is 23.8 Å². The van der Waals surface area contributed by atoms with Gasteiger partial charge >= 0.3 is 0 Å². The quantitative estimate of drug-likeness (QED) is 0.759. The number of carbonyl (C=O) groups excluding carboxylic acids is 2. The fourth-order valence-corrected chi connectivity index (χ4v) is 1.45. The Morgan fingerprint density at radius 2 is 2.05 bits per heavy atom. The summed E-state index contributed by atoms with van der Waals surface area (Å²) in [5.74, 6) is -0.221. The third kappa shape index (κ3) is 3.87. The van der Waals surface area contributed by atoms with Crippen molar-refractivity contribution in [2.24, 2.45) is 0 Å². The second-order valence-corrected chi connectivity index (χ2v) is 4.13. The number of nitrogen functional groups attached to an aromatic ring is 1. The molecule has 0 saturated carbocycles. The average Bonchev–Trinajstić information content (AvgIpc) is 2.37. The number of para-hydroxylation sites is 1. The van der Waals surface area contributed by atoms with E-state index < -0.39 is 0 Å². The Balaban J connectivity index is 2.82. The normalized spacial score (nSPS) is 9.84. The van der Waals surface area contributed by atoms with Crippen molar-refractivity contribution in [2.45, 2.75) is 6.92 Å². The maximum absolute atomic E-state index is 12.0. The zero-order valence-electron chi connectivity index (χ0n) is 11.4. The van der Waals surface area contributed by atoms with Crippen LogP contribution in [0, 0.1) is 0 Å². The van der Waals surface area contributed by atoms with Crippen molar-refractivity contribution in [2.75, 3.05) is 33.0 Å². The third-order valence-corrected chi connectivity index (χ3v) is 2.48. The molecule has 0 fully saturated rings. The molecular weight excluding hydrogens is 246 g/mol. The van der Waals surface area contributed by atoms with Gasteiger partial charge in [0, 0.05) is 14.1 Å². The lowest BCUT2D eigenvalue weighted by Gasteiger charge is -2.14. The van der Waals surface area contributed by atoms with Crippen molar-refractivity contribution in [3.8, 4) is 5.75 Å². The number of hydrogen-bond acceptors (Lipinski definition) is 4. The molecule has 0 radical (unpaired) electrons. The zero-order chi connectivity index (χ0) is 14.4. The first-order valence-corrected chi connectivity index (χ1v) is 5.97. The van der Waals surface area contributed by atoms with Crippen LogP contribution < -0.4 is 15.8 Å². The summed E-state index contributed by atoms with van der Waals surface area (Å²) < 4.78 is 5.36. The van der Waals surface area contributed by atoms with Gasteiger partial charge in [-0.1, -0.05) is 6.07 Å². The van der Waals surface area contributed by atoms with Crippen LogP contribution in [0.4, 0.5) is 5.69 Å². The van der Waals surface area contributed by atoms with Gasteiger partial charge in [-0.3, -0.25) is 9.59 Å². The Morgan fingerprint density at radius 3 is 2.63 bits per heavy atom. The van der Waals surface area contributed by atoms with Crippen molar-refractivity contribution < 1.29 is 14.3 Å². The molecule has 6 nitrogen and oxygen atoms in total. The van der Waals surface area contributed by atoms with Gasteiger partial charge in [-0.25, -0.2) is 0 Å². The van der Waals surface area contributed by atoms with E-state index in [1.807, 2.05) is 6.92 Å². The first kappa shape index (κ1) is 14.8. The number of nitrogens with two attached hydrogens (primary N) is 1. The van der Waals surface area contributed by atoms with Crippen LogP contribution in [0.15, 0.2) is 18.2 Å². The number of amides is 2. The highest BCUT2D eigenvalue weighted by atomic mass is 16.5. The van der Waals surface area contributed by atoms with Crippen LogP contribution >= 0.6 is 0 Å². The van der Waals surface area contributed by atoms with E-state index >= 15 is 0 Å². The van der Waals surface area contributed by atoms with E-state index in [4.69, 9.17) is 10.5 Å². The summed E-state index contributed by atoms with van der Waals surface area (Å²) in [4.78, 5) is 24.8. The van der Waals surface area contributed by atoms with E-state index in [-0.39, 0.29) is 18.4 Å². The van der Waals surface area contributed by atoms with Crippen molar-refractivity contribution in [1.29, 1.82) is 0 Å². The molecule has 0 bridgehead atoms. The summed E-state index contributed by atoms with van der Waals surface area (Å²) in [6, 6.07) is 4.93. The summed E-state index contributed by atoms with van der Waals surface area (Å²) in [5.41, 5.74) is 6.49. The molecule has 0 heterocycles. The molecule has 3 N–H and O–H groups in total. The van der Waals surface area contributed by atoms with Crippen LogP contribution in [0.2, 0.25) is 0 Å². The Hall–Kier alpha value is -2.24. The fraction of sp³-hybridized carbons (Fsp3) is 0.385. The van der Waals surface area contributed by atoms with Gasteiger partial charge < -0.3 is 20.7 Å². The molecule has 19 heavy (non-hydrogen) atoms. The monoisotopic (exact) mass is 265 g/mol. The molecule has 1 rings (SSSR count). The van der Waals surface area contributed by atoms with Crippen LogP contribution in [0.25, 0.3) is 0 Å². The van der Waals surface area contributed by atoms with Gasteiger partial charge in [0.15, 0.2) is 5.75 Å². The lowest BCUT2D eigenvalue weighted by atomic mass is 10.1. The number of benzene rings is 1. The number of carbonyl (C=O) groups is 2. The second-order valence-electron chi connectivity index (χ2n) is 4.13. The van der Waals surface area contributed by atoms with Crippen LogP contribution in [-0.2, 0) is 4.79 Å². The Kier molecular flexibility index (Phi) is 5.17. The molecule has 0 atom stereocenters. The number of anilines is 1. The largest absolute Gasteiger partial charge is 0.491 e. The topological polar surface area (TPSA) is 84.7 Å². The van der Waals surface area contributed by atoms with Gasteiger partial charge in [-0.2, -0.15) is 0 Å². The van der Waals surface area contributed by atoms with Crippen LogP contribution in [0.3, 0.4) is 0 Å². The summed E-state index contributed by atoms with van der Waals surface area (Å²) in [6.45, 7) is 2.15. The van der Waals surface area contributed by atoms with E-state index in [1.165, 1.54) is 4.90 Å². The number of nitrogens with zero attached hydrogens (tertiary/aromatic N) is 1. The van der Waals surface area contributed by atoms with E-state index in [0.29, 0.717) is 23.6 Å². The molecule has 0 saturated heterocycles. The first-order valence-electron chi connectivity index (χ1n) is 5.97. The highest BCUT2D eigenvalue weighted by Crippen LogP contribution is 2.26. The van der Waals surface area contributed by atoms with E-state index in [9.17, 15) is 9.59 Å². The minimum Gasteiger partial charge on any atom is -0.491 e. The Bertz CT molecular complexity index is 472. The molecule has 0 spiro atoms. The van der Waals surface area contributed by atoms with Gasteiger partial charge in [-0.05, 0) is 19.1 Å². The Labute approximate surface area is 112 Å². The van der Waals surface area contributed by atoms with E-state index in [0.717, 1.165) is 0 Å². The smallest absolute Gasteiger partial charge is 0.255 e. The summed E-state index contributed by atoms with van der Waals surface area (Å²) in [5, 5.41) is 2.54. The van der Waals surface area contributed by atoms with E-state index in [2.05, 4.69) is 5.32 Å². The first-order chi connectivity index (χ1) is 8.97. The molecule has 6 heteroatoms. The van der Waals surface area contributed by atoms with E-state index in [1.54, 1.807) is 32.3 Å². The van der Waals surface area contributed by atoms with Crippen molar-refractivity contribution in [3.63, 3.8) is 0 Å². The molecule has 0 aromatic heterocycles. The highest BCUT2D eigenvalue weighted by molar-refractivity contribution is 6.00. The van der Waals surface area contributed by atoms with Gasteiger partial charge in [0.25, 0.3) is 5.91 Å². The molecule has 1 aromatic rings. The maximum Gasteiger partial charge on any atom is 0.255 e. The number of rotatable bonds is 5. The number of likely N-dealkylation sites (N-methyl/N-ethyl adjacent to an activating group) is 1. The standard InChI is InChI=1S/C13H19N3O3/c1-4-19-12-9(6-5-7-10(12)14)13(18)15-8-11(17)16(2)3/h5-7H,4,8,14H2,1-3H3,(H,15,18). The minimum absolute atomic E-state index is 0.0633. The van der Waals surface area contributed by atoms with Gasteiger partial charge in [-0.15, -0.1) is 0 Å². The van der Waals surface area contributed by atoms with Crippen LogP contribution in [-0.4, -0.2) is 44.0 Å². The third-order valence-electron chi connectivity index (χ3n) is 2.48. The SMILES string of the molecule is CCOc1c(N)cccc1C(=O)NCC(=O)N(C)C. The average molecular weight is 265 g/mol. The summed E-state index contributed by atoms with van der Waals surface area (Å²) >= 11 is 0. The lowest BCUT2D eigenvalue weighted by Crippen LogP contribution is -2.36. The minimum atomic E-state index is -0.383. The van der Waals surface area contributed by atoms with Gasteiger partial charge in [0.05, 0.1) is 24.4 Å². The summed E-state index contributed by atoms with van der Waals surface area (Å²) in [6.07, 6.45) is 0. The molecule has 0 aliphatic carbocycles. The summed E-state index contributed by atoms with van der Waals surface area (Å²) in [7, 11) is 3.25. The second kappa shape index (κ2) is 6.63. The molecular formula is C13H19N3O3. The van der Waals surface area contributed by atoms with Crippen LogP contribution in [0.1, 0.15) is 17.3 Å². The molecule has 2 amide bonds. The molecule has 0 unspecified atom stereocenters. The number of hydrogen-bond donors (Lipinski definition) is 2.